The molecule has 0 spiro atoms. The number of anilines is 1. The first-order valence-electron chi connectivity index (χ1n) is 11.2. The van der Waals surface area contributed by atoms with E-state index in [1.165, 1.54) is 6.92 Å². The quantitative estimate of drug-likeness (QED) is 0.743. The Bertz CT molecular complexity index is 1030. The number of pyridine rings is 1. The second-order valence-corrected chi connectivity index (χ2v) is 8.68. The van der Waals surface area contributed by atoms with Gasteiger partial charge in [-0.05, 0) is 37.3 Å². The summed E-state index contributed by atoms with van der Waals surface area (Å²) in [7, 11) is 3.31. The van der Waals surface area contributed by atoms with Crippen molar-refractivity contribution in [3.05, 3.63) is 53.9 Å². The summed E-state index contributed by atoms with van der Waals surface area (Å²) in [6.45, 7) is 6.27. The van der Waals surface area contributed by atoms with Crippen molar-refractivity contribution in [2.75, 3.05) is 39.2 Å². The molecule has 0 radical (unpaired) electrons. The molecule has 2 aromatic rings. The number of nitrogens with zero attached hydrogens (tertiary/aromatic N) is 3. The average molecular weight is 469 g/mol. The van der Waals surface area contributed by atoms with E-state index in [1.807, 2.05) is 13.8 Å². The second-order valence-electron chi connectivity index (χ2n) is 8.68. The maximum absolute atomic E-state index is 13.4. The van der Waals surface area contributed by atoms with E-state index in [9.17, 15) is 14.4 Å². The van der Waals surface area contributed by atoms with Crippen LogP contribution in [0.25, 0.3) is 0 Å². The molecule has 1 N–H and O–H groups in total. The molecule has 1 aliphatic rings. The van der Waals surface area contributed by atoms with Crippen molar-refractivity contribution in [1.29, 1.82) is 0 Å². The molecule has 3 rings (SSSR count). The van der Waals surface area contributed by atoms with Crippen molar-refractivity contribution < 1.29 is 23.9 Å². The Balaban J connectivity index is 1.99. The monoisotopic (exact) mass is 468 g/mol. The van der Waals surface area contributed by atoms with Crippen LogP contribution in [0.15, 0.2) is 42.7 Å². The molecule has 182 valence electrons. The molecule has 2 heterocycles. The Labute approximate surface area is 200 Å². The van der Waals surface area contributed by atoms with E-state index < -0.39 is 0 Å². The van der Waals surface area contributed by atoms with Crippen LogP contribution < -0.4 is 10.1 Å². The third kappa shape index (κ3) is 5.91. The third-order valence-electron chi connectivity index (χ3n) is 5.95. The third-order valence-corrected chi connectivity index (χ3v) is 5.95. The van der Waals surface area contributed by atoms with Gasteiger partial charge >= 0.3 is 0 Å². The lowest BCUT2D eigenvalue weighted by Crippen LogP contribution is -2.48. The fraction of sp³-hybridized carbons (Fsp3) is 0.440. The summed E-state index contributed by atoms with van der Waals surface area (Å²) >= 11 is 0. The minimum absolute atomic E-state index is 0.0573. The molecule has 0 unspecified atom stereocenters. The molecular formula is C25H32N4O5. The van der Waals surface area contributed by atoms with Gasteiger partial charge in [0.05, 0.1) is 17.7 Å². The predicted molar refractivity (Wildman–Crippen MR) is 128 cm³/mol. The summed E-state index contributed by atoms with van der Waals surface area (Å²) in [6, 6.07) is 8.05. The largest absolute Gasteiger partial charge is 0.491 e. The Kier molecular flexibility index (Phi) is 8.22. The number of hydrogen-bond donors (Lipinski definition) is 1. The van der Waals surface area contributed by atoms with Gasteiger partial charge in [0, 0.05) is 63.7 Å². The maximum atomic E-state index is 13.4. The molecule has 1 aromatic carbocycles. The fourth-order valence-corrected chi connectivity index (χ4v) is 4.00. The number of carbonyl (C=O) groups is 3. The van der Waals surface area contributed by atoms with E-state index in [1.54, 1.807) is 66.7 Å². The Morgan fingerprint density at radius 2 is 1.85 bits per heavy atom. The molecule has 1 aliphatic heterocycles. The van der Waals surface area contributed by atoms with Crippen LogP contribution in [0.5, 0.6) is 5.75 Å². The first-order valence-corrected chi connectivity index (χ1v) is 11.2. The number of ether oxygens (including phenoxy) is 2. The zero-order chi connectivity index (χ0) is 24.8. The number of likely N-dealkylation sites (N-methyl/N-ethyl adjacent to an activating group) is 1. The van der Waals surface area contributed by atoms with Crippen molar-refractivity contribution in [3.8, 4) is 5.75 Å². The van der Waals surface area contributed by atoms with Gasteiger partial charge < -0.3 is 24.6 Å². The van der Waals surface area contributed by atoms with E-state index in [0.29, 0.717) is 35.7 Å². The Morgan fingerprint density at radius 1 is 1.15 bits per heavy atom. The summed E-state index contributed by atoms with van der Waals surface area (Å²) in [5.41, 5.74) is 1.38. The van der Waals surface area contributed by atoms with Crippen molar-refractivity contribution in [2.24, 2.45) is 5.92 Å². The van der Waals surface area contributed by atoms with Gasteiger partial charge in [-0.15, -0.1) is 0 Å². The molecule has 0 aliphatic carbocycles. The number of amides is 3. The zero-order valence-corrected chi connectivity index (χ0v) is 20.3. The molecule has 34 heavy (non-hydrogen) atoms. The van der Waals surface area contributed by atoms with Crippen LogP contribution in [-0.4, -0.2) is 78.5 Å². The summed E-state index contributed by atoms with van der Waals surface area (Å²) in [4.78, 5) is 45.6. The number of aromatic nitrogens is 1. The van der Waals surface area contributed by atoms with Gasteiger partial charge in [-0.2, -0.15) is 0 Å². The standard InChI is InChI=1S/C25H32N4O5/c1-16-13-29(24(31)19-8-10-26-11-9-19)17(2)15-34-22-7-6-20(27-18(3)30)12-21(22)25(32)28(4)14-23(16)33-5/h6-12,16-17,23H,13-15H2,1-5H3,(H,27,30)/t16-,17-,23+/m1/s1. The fourth-order valence-electron chi connectivity index (χ4n) is 4.00. The summed E-state index contributed by atoms with van der Waals surface area (Å²) in [5.74, 6) is -0.269. The molecule has 0 bridgehead atoms. The topological polar surface area (TPSA) is 101 Å². The molecule has 3 amide bonds. The maximum Gasteiger partial charge on any atom is 0.257 e. The van der Waals surface area contributed by atoms with Crippen LogP contribution in [0.2, 0.25) is 0 Å². The van der Waals surface area contributed by atoms with Gasteiger partial charge in [-0.1, -0.05) is 6.92 Å². The number of fused-ring (bicyclic) bond motifs is 1. The number of nitrogens with one attached hydrogen (secondary N) is 1. The highest BCUT2D eigenvalue weighted by Gasteiger charge is 2.30. The number of benzene rings is 1. The van der Waals surface area contributed by atoms with Crippen LogP contribution in [0.4, 0.5) is 5.69 Å². The average Bonchev–Trinajstić information content (AvgIpc) is 2.83. The Morgan fingerprint density at radius 3 is 2.50 bits per heavy atom. The molecule has 9 heteroatoms. The molecule has 3 atom stereocenters. The van der Waals surface area contributed by atoms with Crippen molar-refractivity contribution in [1.82, 2.24) is 14.8 Å². The highest BCUT2D eigenvalue weighted by molar-refractivity contribution is 5.99. The molecule has 0 fully saturated rings. The van der Waals surface area contributed by atoms with Crippen LogP contribution >= 0.6 is 0 Å². The van der Waals surface area contributed by atoms with E-state index >= 15 is 0 Å². The molecule has 0 saturated carbocycles. The number of rotatable bonds is 3. The van der Waals surface area contributed by atoms with Crippen molar-refractivity contribution in [3.63, 3.8) is 0 Å². The molecule has 9 nitrogen and oxygen atoms in total. The summed E-state index contributed by atoms with van der Waals surface area (Å²) < 4.78 is 11.8. The van der Waals surface area contributed by atoms with E-state index in [-0.39, 0.29) is 42.4 Å². The molecular weight excluding hydrogens is 436 g/mol. The lowest BCUT2D eigenvalue weighted by Gasteiger charge is -2.36. The van der Waals surface area contributed by atoms with Gasteiger partial charge in [0.1, 0.15) is 12.4 Å². The van der Waals surface area contributed by atoms with Gasteiger partial charge in [0.15, 0.2) is 0 Å². The number of carbonyl (C=O) groups excluding carboxylic acids is 3. The van der Waals surface area contributed by atoms with Gasteiger partial charge in [-0.25, -0.2) is 0 Å². The van der Waals surface area contributed by atoms with Crippen molar-refractivity contribution in [2.45, 2.75) is 32.9 Å². The molecule has 0 saturated heterocycles. The summed E-state index contributed by atoms with van der Waals surface area (Å²) in [6.07, 6.45) is 2.89. The van der Waals surface area contributed by atoms with E-state index in [2.05, 4.69) is 10.3 Å². The normalized spacial score (nSPS) is 21.6. The smallest absolute Gasteiger partial charge is 0.257 e. The minimum Gasteiger partial charge on any atom is -0.491 e. The lowest BCUT2D eigenvalue weighted by atomic mass is 10.0. The van der Waals surface area contributed by atoms with Crippen molar-refractivity contribution >= 4 is 23.4 Å². The first-order chi connectivity index (χ1) is 16.2. The SMILES string of the molecule is CO[C@H]1CN(C)C(=O)c2cc(NC(C)=O)ccc2OC[C@@H](C)N(C(=O)c2ccncc2)C[C@H]1C. The highest BCUT2D eigenvalue weighted by atomic mass is 16.5. The zero-order valence-electron chi connectivity index (χ0n) is 20.3. The van der Waals surface area contributed by atoms with E-state index in [4.69, 9.17) is 9.47 Å². The van der Waals surface area contributed by atoms with Gasteiger partial charge in [-0.3, -0.25) is 19.4 Å². The molecule has 1 aromatic heterocycles. The predicted octanol–water partition coefficient (Wildman–Crippen LogP) is 2.69. The lowest BCUT2D eigenvalue weighted by molar-refractivity contribution is -0.114. The van der Waals surface area contributed by atoms with Crippen LogP contribution in [0.1, 0.15) is 41.5 Å². The minimum atomic E-state index is -0.295. The number of methoxy groups -OCH3 is 1. The second kappa shape index (κ2) is 11.1. The van der Waals surface area contributed by atoms with Gasteiger partial charge in [0.25, 0.3) is 11.8 Å². The van der Waals surface area contributed by atoms with Gasteiger partial charge in [0.2, 0.25) is 5.91 Å². The number of hydrogen-bond acceptors (Lipinski definition) is 6. The first kappa shape index (κ1) is 25.2. The van der Waals surface area contributed by atoms with Crippen LogP contribution in [0.3, 0.4) is 0 Å². The highest BCUT2D eigenvalue weighted by Crippen LogP contribution is 2.26. The van der Waals surface area contributed by atoms with Crippen LogP contribution in [0, 0.1) is 5.92 Å². The summed E-state index contributed by atoms with van der Waals surface area (Å²) in [5, 5.41) is 2.70. The van der Waals surface area contributed by atoms with Crippen LogP contribution in [-0.2, 0) is 9.53 Å². The Hall–Kier alpha value is -3.46. The van der Waals surface area contributed by atoms with E-state index in [0.717, 1.165) is 0 Å².